The first kappa shape index (κ1) is 26.5. The van der Waals surface area contributed by atoms with Crippen LogP contribution in [-0.4, -0.2) is 71.1 Å². The number of likely N-dealkylation sites (tertiary alicyclic amines) is 1. The van der Waals surface area contributed by atoms with E-state index in [0.29, 0.717) is 49.8 Å². The van der Waals surface area contributed by atoms with E-state index in [1.54, 1.807) is 36.4 Å². The minimum Gasteiger partial charge on any atom is -0.508 e. The van der Waals surface area contributed by atoms with Crippen molar-refractivity contribution in [3.63, 3.8) is 0 Å². The molecule has 2 aliphatic rings. The minimum absolute atomic E-state index is 0.0289. The van der Waals surface area contributed by atoms with Gasteiger partial charge >= 0.3 is 0 Å². The number of aryl methyl sites for hydroxylation is 1. The second-order valence-electron chi connectivity index (χ2n) is 9.78. The number of Topliss-reactive ketones (excluding diaryl/α,β-unsaturated/α-hetero) is 1. The smallest absolute Gasteiger partial charge is 0.295 e. The highest BCUT2D eigenvalue weighted by Crippen LogP contribution is 2.39. The van der Waals surface area contributed by atoms with Crippen LogP contribution in [-0.2, 0) is 20.9 Å². The molecule has 3 aromatic rings. The van der Waals surface area contributed by atoms with E-state index in [1.807, 2.05) is 31.2 Å². The van der Waals surface area contributed by atoms with Gasteiger partial charge in [0.05, 0.1) is 24.8 Å². The largest absolute Gasteiger partial charge is 0.508 e. The Bertz CT molecular complexity index is 1360. The summed E-state index contributed by atoms with van der Waals surface area (Å²) in [7, 11) is 0. The molecule has 2 fully saturated rings. The molecule has 0 spiro atoms. The third-order valence-electron chi connectivity index (χ3n) is 7.29. The zero-order chi connectivity index (χ0) is 27.4. The van der Waals surface area contributed by atoms with E-state index in [-0.39, 0.29) is 17.1 Å². The first-order chi connectivity index (χ1) is 18.9. The zero-order valence-electron chi connectivity index (χ0n) is 21.9. The number of hydrogen-bond donors (Lipinski definition) is 2. The van der Waals surface area contributed by atoms with E-state index in [0.717, 1.165) is 24.2 Å². The van der Waals surface area contributed by atoms with E-state index in [2.05, 4.69) is 4.90 Å². The number of ketones is 1. The van der Waals surface area contributed by atoms with Gasteiger partial charge in [0.1, 0.15) is 23.9 Å². The zero-order valence-corrected chi connectivity index (χ0v) is 21.9. The fraction of sp³-hybridized carbons (Fsp3) is 0.290. The summed E-state index contributed by atoms with van der Waals surface area (Å²) in [6, 6.07) is 20.4. The van der Waals surface area contributed by atoms with Crippen LogP contribution in [0.3, 0.4) is 0 Å². The molecule has 5 rings (SSSR count). The molecule has 8 heteroatoms. The molecule has 202 valence electrons. The molecule has 0 bridgehead atoms. The average Bonchev–Trinajstić information content (AvgIpc) is 3.21. The van der Waals surface area contributed by atoms with Crippen LogP contribution in [0.5, 0.6) is 11.5 Å². The molecule has 2 aliphatic heterocycles. The lowest BCUT2D eigenvalue weighted by Crippen LogP contribution is -2.42. The lowest BCUT2D eigenvalue weighted by atomic mass is 9.95. The van der Waals surface area contributed by atoms with Crippen LogP contribution in [0.1, 0.15) is 28.3 Å². The predicted molar refractivity (Wildman–Crippen MR) is 146 cm³/mol. The summed E-state index contributed by atoms with van der Waals surface area (Å²) in [6.07, 6.45) is 0. The van der Waals surface area contributed by atoms with Crippen LogP contribution >= 0.6 is 0 Å². The maximum Gasteiger partial charge on any atom is 0.295 e. The first-order valence-electron chi connectivity index (χ1n) is 13.1. The van der Waals surface area contributed by atoms with Crippen molar-refractivity contribution >= 4 is 17.4 Å². The number of nitrogens with zero attached hydrogens (tertiary/aromatic N) is 2. The second-order valence-corrected chi connectivity index (χ2v) is 9.78. The van der Waals surface area contributed by atoms with E-state index in [9.17, 15) is 19.8 Å². The summed E-state index contributed by atoms with van der Waals surface area (Å²) in [4.78, 5) is 30.2. The summed E-state index contributed by atoms with van der Waals surface area (Å²) in [5, 5.41) is 21.1. The maximum absolute atomic E-state index is 13.3. The monoisotopic (exact) mass is 528 g/mol. The molecule has 2 N–H and O–H groups in total. The van der Waals surface area contributed by atoms with Crippen LogP contribution in [0.15, 0.2) is 78.4 Å². The van der Waals surface area contributed by atoms with Gasteiger partial charge in [0.25, 0.3) is 11.7 Å². The van der Waals surface area contributed by atoms with Crippen LogP contribution in [0.25, 0.3) is 5.76 Å². The van der Waals surface area contributed by atoms with Gasteiger partial charge in [0, 0.05) is 31.7 Å². The van der Waals surface area contributed by atoms with Crippen molar-refractivity contribution < 1.29 is 29.3 Å². The van der Waals surface area contributed by atoms with Crippen molar-refractivity contribution in [1.29, 1.82) is 0 Å². The molecule has 39 heavy (non-hydrogen) atoms. The SMILES string of the molecule is Cc1ccccc1COc1ccc(/C(O)=C2/C(=O)C(=O)N(CCN3CCOCC3)C2c2ccc(O)cc2)cc1. The Morgan fingerprint density at radius 2 is 1.64 bits per heavy atom. The molecule has 1 amide bonds. The van der Waals surface area contributed by atoms with Gasteiger partial charge in [-0.25, -0.2) is 0 Å². The minimum atomic E-state index is -0.774. The third-order valence-corrected chi connectivity index (χ3v) is 7.29. The standard InChI is InChI=1S/C31H32N2O6/c1-21-4-2-3-5-24(21)20-39-26-12-8-23(9-13-26)29(35)27-28(22-6-10-25(34)11-7-22)33(31(37)30(27)36)15-14-32-16-18-38-19-17-32/h2-13,28,34-35H,14-20H2,1H3/b29-27-. The number of aliphatic hydroxyl groups is 1. The number of aromatic hydroxyl groups is 1. The quantitative estimate of drug-likeness (QED) is 0.259. The predicted octanol–water partition coefficient (Wildman–Crippen LogP) is 4.03. The highest BCUT2D eigenvalue weighted by molar-refractivity contribution is 6.46. The number of amides is 1. The van der Waals surface area contributed by atoms with Crippen molar-refractivity contribution in [3.05, 3.63) is 101 Å². The number of morpholine rings is 1. The normalized spacial score (nSPS) is 19.4. The lowest BCUT2D eigenvalue weighted by Gasteiger charge is -2.31. The van der Waals surface area contributed by atoms with Gasteiger partial charge in [-0.05, 0) is 60.0 Å². The molecule has 3 aromatic carbocycles. The number of phenols is 1. The Balaban J connectivity index is 1.41. The highest BCUT2D eigenvalue weighted by atomic mass is 16.5. The Labute approximate surface area is 227 Å². The summed E-state index contributed by atoms with van der Waals surface area (Å²) < 4.78 is 11.3. The van der Waals surface area contributed by atoms with Gasteiger partial charge in [0.2, 0.25) is 0 Å². The Morgan fingerprint density at radius 1 is 0.949 bits per heavy atom. The van der Waals surface area contributed by atoms with E-state index in [4.69, 9.17) is 9.47 Å². The summed E-state index contributed by atoms with van der Waals surface area (Å²) in [6.45, 7) is 6.11. The molecule has 2 heterocycles. The number of aliphatic hydroxyl groups excluding tert-OH is 1. The second kappa shape index (κ2) is 11.7. The number of hydrogen-bond acceptors (Lipinski definition) is 7. The number of phenolic OH excluding ortho intramolecular Hbond substituents is 1. The van der Waals surface area contributed by atoms with Crippen molar-refractivity contribution in [2.45, 2.75) is 19.6 Å². The van der Waals surface area contributed by atoms with Crippen LogP contribution in [0, 0.1) is 6.92 Å². The molecule has 0 aliphatic carbocycles. The van der Waals surface area contributed by atoms with Crippen molar-refractivity contribution in [2.24, 2.45) is 0 Å². The van der Waals surface area contributed by atoms with Crippen molar-refractivity contribution in [2.75, 3.05) is 39.4 Å². The van der Waals surface area contributed by atoms with Gasteiger partial charge in [0.15, 0.2) is 0 Å². The molecule has 8 nitrogen and oxygen atoms in total. The molecule has 0 aromatic heterocycles. The fourth-order valence-electron chi connectivity index (χ4n) is 4.99. The molecule has 0 saturated carbocycles. The number of rotatable bonds is 8. The van der Waals surface area contributed by atoms with Crippen molar-refractivity contribution in [1.82, 2.24) is 9.80 Å². The first-order valence-corrected chi connectivity index (χ1v) is 13.1. The van der Waals surface area contributed by atoms with Crippen LogP contribution in [0.4, 0.5) is 0 Å². The van der Waals surface area contributed by atoms with E-state index >= 15 is 0 Å². The number of benzene rings is 3. The molecule has 1 unspecified atom stereocenters. The van der Waals surface area contributed by atoms with Gasteiger partial charge in [-0.2, -0.15) is 0 Å². The van der Waals surface area contributed by atoms with Crippen molar-refractivity contribution in [3.8, 4) is 11.5 Å². The van der Waals surface area contributed by atoms with Gasteiger partial charge < -0.3 is 24.6 Å². The number of carbonyl (C=O) groups excluding carboxylic acids is 2. The van der Waals surface area contributed by atoms with E-state index in [1.165, 1.54) is 17.0 Å². The Hall–Kier alpha value is -4.14. The maximum atomic E-state index is 13.3. The number of carbonyl (C=O) groups is 2. The molecular weight excluding hydrogens is 496 g/mol. The molecule has 2 saturated heterocycles. The summed E-state index contributed by atoms with van der Waals surface area (Å²) >= 11 is 0. The van der Waals surface area contributed by atoms with E-state index < -0.39 is 17.7 Å². The average molecular weight is 529 g/mol. The van der Waals surface area contributed by atoms with Gasteiger partial charge in [-0.3, -0.25) is 14.5 Å². The number of ether oxygens (including phenoxy) is 2. The highest BCUT2D eigenvalue weighted by Gasteiger charge is 2.46. The third kappa shape index (κ3) is 5.82. The fourth-order valence-corrected chi connectivity index (χ4v) is 4.99. The van der Waals surface area contributed by atoms with Crippen LogP contribution in [0.2, 0.25) is 0 Å². The topological polar surface area (TPSA) is 99.5 Å². The summed E-state index contributed by atoms with van der Waals surface area (Å²) in [5.41, 5.74) is 3.29. The summed E-state index contributed by atoms with van der Waals surface area (Å²) in [5.74, 6) is -0.930. The van der Waals surface area contributed by atoms with Gasteiger partial charge in [-0.15, -0.1) is 0 Å². The Kier molecular flexibility index (Phi) is 7.95. The lowest BCUT2D eigenvalue weighted by molar-refractivity contribution is -0.140. The molecule has 1 atom stereocenters. The molecule has 0 radical (unpaired) electrons. The van der Waals surface area contributed by atoms with Crippen LogP contribution < -0.4 is 4.74 Å². The molecular formula is C31H32N2O6. The van der Waals surface area contributed by atoms with Gasteiger partial charge in [-0.1, -0.05) is 36.4 Å². The Morgan fingerprint density at radius 3 is 2.33 bits per heavy atom.